The maximum absolute atomic E-state index is 11.4. The van der Waals surface area contributed by atoms with Crippen molar-refractivity contribution in [1.82, 2.24) is 14.9 Å². The predicted molar refractivity (Wildman–Crippen MR) is 95.1 cm³/mol. The number of thiol groups is 1. The van der Waals surface area contributed by atoms with Gasteiger partial charge in [0.1, 0.15) is 11.6 Å². The summed E-state index contributed by atoms with van der Waals surface area (Å²) in [4.78, 5) is 22.4. The lowest BCUT2D eigenvalue weighted by Gasteiger charge is -2.21. The number of hydrogen-bond acceptors (Lipinski definition) is 7. The van der Waals surface area contributed by atoms with Crippen molar-refractivity contribution in [3.05, 3.63) is 28.2 Å². The van der Waals surface area contributed by atoms with Crippen molar-refractivity contribution in [1.29, 1.82) is 0 Å². The van der Waals surface area contributed by atoms with E-state index in [1.807, 2.05) is 13.2 Å². The molecule has 5 nitrogen and oxygen atoms in total. The van der Waals surface area contributed by atoms with Crippen molar-refractivity contribution in [3.63, 3.8) is 0 Å². The third-order valence-electron chi connectivity index (χ3n) is 2.84. The van der Waals surface area contributed by atoms with Crippen LogP contribution in [0.4, 0.5) is 5.82 Å². The molecule has 0 radical (unpaired) electrons. The predicted octanol–water partition coefficient (Wildman–Crippen LogP) is 2.89. The number of nitrogens with two attached hydrogens (primary N) is 1. The summed E-state index contributed by atoms with van der Waals surface area (Å²) in [6.45, 7) is 4.08. The molecule has 0 atom stereocenters. The first-order valence-corrected chi connectivity index (χ1v) is 9.53. The van der Waals surface area contributed by atoms with E-state index in [1.54, 1.807) is 39.6 Å². The second-order valence-corrected chi connectivity index (χ2v) is 7.23. The monoisotopic (exact) mass is 344 g/mol. The van der Waals surface area contributed by atoms with E-state index in [0.717, 1.165) is 34.7 Å². The largest absolute Gasteiger partial charge is 0.383 e. The summed E-state index contributed by atoms with van der Waals surface area (Å²) in [6, 6.07) is 0. The van der Waals surface area contributed by atoms with E-state index < -0.39 is 0 Å². The zero-order valence-corrected chi connectivity index (χ0v) is 14.9. The smallest absolute Gasteiger partial charge is 0.214 e. The van der Waals surface area contributed by atoms with Crippen LogP contribution in [-0.4, -0.2) is 33.3 Å². The highest BCUT2D eigenvalue weighted by Crippen LogP contribution is 2.33. The Kier molecular flexibility index (Phi) is 7.98. The zero-order chi connectivity index (χ0) is 15.8. The molecule has 2 N–H and O–H groups in total. The first kappa shape index (κ1) is 18.2. The molecule has 0 aromatic carbocycles. The van der Waals surface area contributed by atoms with Crippen LogP contribution in [0.3, 0.4) is 0 Å². The van der Waals surface area contributed by atoms with Gasteiger partial charge >= 0.3 is 0 Å². The number of aromatic nitrogens is 2. The maximum atomic E-state index is 11.4. The van der Waals surface area contributed by atoms with Gasteiger partial charge in [0.05, 0.1) is 6.54 Å². The van der Waals surface area contributed by atoms with Gasteiger partial charge in [0.2, 0.25) is 6.41 Å². The van der Waals surface area contributed by atoms with Crippen LogP contribution >= 0.6 is 34.2 Å². The standard InChI is InChI=1S/C13H20N4OS3/c1-9(12(4-5-19)21-20-3)17(8-18)7-11-6-15-10(2)16-13(11)14/h6,8,19H,4-5,7H2,1-3H3,(H2,14,15,16)/b12-9-. The van der Waals surface area contributed by atoms with Gasteiger partial charge in [-0.05, 0) is 32.3 Å². The fourth-order valence-electron chi connectivity index (χ4n) is 1.70. The topological polar surface area (TPSA) is 72.1 Å². The van der Waals surface area contributed by atoms with Gasteiger partial charge in [-0.3, -0.25) is 4.79 Å². The van der Waals surface area contributed by atoms with E-state index in [9.17, 15) is 4.79 Å². The second kappa shape index (κ2) is 9.22. The Labute approximate surface area is 139 Å². The number of hydrogen-bond donors (Lipinski definition) is 2. The lowest BCUT2D eigenvalue weighted by atomic mass is 10.2. The molecule has 0 aliphatic carbocycles. The molecule has 1 aromatic heterocycles. The number of carbonyl (C=O) groups excluding carboxylic acids is 1. The first-order valence-electron chi connectivity index (χ1n) is 6.34. The van der Waals surface area contributed by atoms with E-state index in [-0.39, 0.29) is 0 Å². The molecule has 1 amide bonds. The zero-order valence-electron chi connectivity index (χ0n) is 12.4. The van der Waals surface area contributed by atoms with Crippen molar-refractivity contribution in [3.8, 4) is 0 Å². The highest BCUT2D eigenvalue weighted by atomic mass is 33.1. The molecule has 1 heterocycles. The van der Waals surface area contributed by atoms with Crippen molar-refractivity contribution >= 4 is 46.4 Å². The highest BCUT2D eigenvalue weighted by molar-refractivity contribution is 8.77. The summed E-state index contributed by atoms with van der Waals surface area (Å²) >= 11 is 4.27. The number of allylic oxidation sites excluding steroid dienone is 2. The molecule has 116 valence electrons. The van der Waals surface area contributed by atoms with Gasteiger partial charge in [0.15, 0.2) is 0 Å². The summed E-state index contributed by atoms with van der Waals surface area (Å²) in [5.41, 5.74) is 7.54. The average Bonchev–Trinajstić information content (AvgIpc) is 2.45. The Balaban J connectivity index is 3.00. The quantitative estimate of drug-likeness (QED) is 0.429. The van der Waals surface area contributed by atoms with Gasteiger partial charge in [-0.15, -0.1) is 0 Å². The van der Waals surface area contributed by atoms with Crippen molar-refractivity contribution in [2.75, 3.05) is 17.7 Å². The highest BCUT2D eigenvalue weighted by Gasteiger charge is 2.13. The fourth-order valence-corrected chi connectivity index (χ4v) is 3.91. The van der Waals surface area contributed by atoms with Gasteiger partial charge in [0, 0.05) is 22.4 Å². The number of nitrogens with zero attached hydrogens (tertiary/aromatic N) is 3. The van der Waals surface area contributed by atoms with E-state index in [1.165, 1.54) is 0 Å². The van der Waals surface area contributed by atoms with Crippen LogP contribution in [0.15, 0.2) is 16.8 Å². The molecule has 0 spiro atoms. The number of aryl methyl sites for hydroxylation is 1. The van der Waals surface area contributed by atoms with Crippen LogP contribution in [0.2, 0.25) is 0 Å². The van der Waals surface area contributed by atoms with Crippen LogP contribution < -0.4 is 5.73 Å². The van der Waals surface area contributed by atoms with Crippen molar-refractivity contribution in [2.24, 2.45) is 0 Å². The summed E-state index contributed by atoms with van der Waals surface area (Å²) in [5.74, 6) is 1.77. The molecule has 0 saturated heterocycles. The van der Waals surface area contributed by atoms with Gasteiger partial charge in [0.25, 0.3) is 0 Å². The third kappa shape index (κ3) is 5.44. The normalized spacial score (nSPS) is 12.0. The van der Waals surface area contributed by atoms with Crippen molar-refractivity contribution in [2.45, 2.75) is 26.8 Å². The summed E-state index contributed by atoms with van der Waals surface area (Å²) in [5, 5.41) is 0. The Hall–Kier alpha value is -0.860. The fraction of sp³-hybridized carbons (Fsp3) is 0.462. The number of carbonyl (C=O) groups is 1. The second-order valence-electron chi connectivity index (χ2n) is 4.29. The molecule has 0 bridgehead atoms. The molecule has 0 unspecified atom stereocenters. The van der Waals surface area contributed by atoms with Crippen LogP contribution in [0.5, 0.6) is 0 Å². The Bertz CT molecular complexity index is 514. The average molecular weight is 345 g/mol. The molecule has 1 aromatic rings. The van der Waals surface area contributed by atoms with E-state index >= 15 is 0 Å². The molecule has 21 heavy (non-hydrogen) atoms. The summed E-state index contributed by atoms with van der Waals surface area (Å²) < 4.78 is 0. The van der Waals surface area contributed by atoms with E-state index in [0.29, 0.717) is 18.2 Å². The van der Waals surface area contributed by atoms with Gasteiger partial charge in [-0.2, -0.15) is 12.6 Å². The first-order chi connectivity index (χ1) is 10.0. The number of anilines is 1. The number of amides is 1. The van der Waals surface area contributed by atoms with Crippen LogP contribution in [0.25, 0.3) is 0 Å². The molecule has 0 aliphatic rings. The molecule has 1 rings (SSSR count). The molecule has 8 heteroatoms. The van der Waals surface area contributed by atoms with Crippen LogP contribution in [-0.2, 0) is 11.3 Å². The van der Waals surface area contributed by atoms with Gasteiger partial charge in [-0.25, -0.2) is 9.97 Å². The Morgan fingerprint density at radius 1 is 1.57 bits per heavy atom. The minimum atomic E-state index is 0.368. The minimum absolute atomic E-state index is 0.368. The van der Waals surface area contributed by atoms with Gasteiger partial charge < -0.3 is 10.6 Å². The molecule has 0 fully saturated rings. The molecule has 0 aliphatic heterocycles. The summed E-state index contributed by atoms with van der Waals surface area (Å²) in [7, 11) is 3.30. The minimum Gasteiger partial charge on any atom is -0.383 e. The Morgan fingerprint density at radius 3 is 2.81 bits per heavy atom. The molecular weight excluding hydrogens is 324 g/mol. The number of rotatable bonds is 8. The van der Waals surface area contributed by atoms with Crippen molar-refractivity contribution < 1.29 is 4.79 Å². The lowest BCUT2D eigenvalue weighted by Crippen LogP contribution is -2.21. The lowest BCUT2D eigenvalue weighted by molar-refractivity contribution is -0.116. The van der Waals surface area contributed by atoms with Crippen LogP contribution in [0.1, 0.15) is 24.7 Å². The number of nitrogen functional groups attached to an aromatic ring is 1. The third-order valence-corrected chi connectivity index (χ3v) is 5.04. The molecule has 0 saturated carbocycles. The van der Waals surface area contributed by atoms with Gasteiger partial charge in [-0.1, -0.05) is 21.6 Å². The van der Waals surface area contributed by atoms with E-state index in [4.69, 9.17) is 5.73 Å². The van der Waals surface area contributed by atoms with E-state index in [2.05, 4.69) is 22.6 Å². The summed E-state index contributed by atoms with van der Waals surface area (Å²) in [6.07, 6.45) is 5.31. The Morgan fingerprint density at radius 2 is 2.29 bits per heavy atom. The SMILES string of the molecule is CSS/C(CCS)=C(/C)N(C=O)Cc1cnc(C)nc1N. The molecular formula is C13H20N4OS3. The maximum Gasteiger partial charge on any atom is 0.214 e. The van der Waals surface area contributed by atoms with Crippen LogP contribution in [0, 0.1) is 6.92 Å².